The zero-order valence-electron chi connectivity index (χ0n) is 21.6. The van der Waals surface area contributed by atoms with E-state index in [-0.39, 0.29) is 22.9 Å². The minimum absolute atomic E-state index is 0.0754. The predicted octanol–water partition coefficient (Wildman–Crippen LogP) is 5.65. The van der Waals surface area contributed by atoms with Gasteiger partial charge in [0, 0.05) is 14.1 Å². The largest absolute Gasteiger partial charge is 0.340 e. The van der Waals surface area contributed by atoms with Crippen LogP contribution in [-0.4, -0.2) is 47.8 Å². The molecule has 0 aromatic heterocycles. The van der Waals surface area contributed by atoms with E-state index in [0.717, 1.165) is 86.9 Å². The van der Waals surface area contributed by atoms with E-state index in [2.05, 4.69) is 23.9 Å². The van der Waals surface area contributed by atoms with Gasteiger partial charge >= 0.3 is 0 Å². The Balaban J connectivity index is 1.11. The minimum Gasteiger partial charge on any atom is -0.340 e. The van der Waals surface area contributed by atoms with Crippen molar-refractivity contribution in [2.24, 2.45) is 46.3 Å². The summed E-state index contributed by atoms with van der Waals surface area (Å²) in [5.74, 6) is 5.67. The summed E-state index contributed by atoms with van der Waals surface area (Å²) in [6.07, 6.45) is 19.6. The third-order valence-electron chi connectivity index (χ3n) is 12.3. The van der Waals surface area contributed by atoms with Crippen LogP contribution in [0.5, 0.6) is 0 Å². The Hall–Kier alpha value is -1.06. The molecular weight excluding hydrogens is 420 g/mol. The van der Waals surface area contributed by atoms with Crippen molar-refractivity contribution in [3.8, 4) is 0 Å². The van der Waals surface area contributed by atoms with E-state index in [1.165, 1.54) is 51.4 Å². The Morgan fingerprint density at radius 3 is 1.06 bits per heavy atom. The van der Waals surface area contributed by atoms with Crippen LogP contribution in [-0.2, 0) is 9.59 Å². The van der Waals surface area contributed by atoms with E-state index in [9.17, 15) is 9.59 Å². The van der Waals surface area contributed by atoms with Gasteiger partial charge in [0.2, 0.25) is 11.8 Å². The number of amides is 2. The number of hydrogen-bond donors (Lipinski definition) is 0. The summed E-state index contributed by atoms with van der Waals surface area (Å²) in [5, 5.41) is 0. The molecule has 2 atom stereocenters. The van der Waals surface area contributed by atoms with Crippen LogP contribution in [0.2, 0.25) is 0 Å². The number of likely N-dealkylation sites (N-methyl/N-ethyl adjacent to an activating group) is 2. The molecule has 4 nitrogen and oxygen atoms in total. The van der Waals surface area contributed by atoms with E-state index >= 15 is 0 Å². The monoisotopic (exact) mass is 466 g/mol. The first-order valence-corrected chi connectivity index (χ1v) is 14.9. The van der Waals surface area contributed by atoms with Crippen molar-refractivity contribution in [1.29, 1.82) is 0 Å². The second kappa shape index (κ2) is 7.72. The summed E-state index contributed by atoms with van der Waals surface area (Å²) < 4.78 is 0. The van der Waals surface area contributed by atoms with Gasteiger partial charge in [-0.3, -0.25) is 9.59 Å². The van der Waals surface area contributed by atoms with Crippen LogP contribution in [0.25, 0.3) is 0 Å². The molecule has 8 bridgehead atoms. The first-order valence-electron chi connectivity index (χ1n) is 14.9. The Bertz CT molecular complexity index is 723. The lowest BCUT2D eigenvalue weighted by atomic mass is 9.49. The molecule has 2 amide bonds. The van der Waals surface area contributed by atoms with Crippen molar-refractivity contribution in [2.45, 2.75) is 115 Å². The third-order valence-corrected chi connectivity index (χ3v) is 12.3. The Morgan fingerprint density at radius 1 is 0.529 bits per heavy atom. The molecule has 4 heteroatoms. The van der Waals surface area contributed by atoms with Crippen LogP contribution in [0.15, 0.2) is 0 Å². The molecule has 0 aromatic rings. The van der Waals surface area contributed by atoms with Crippen LogP contribution >= 0.6 is 0 Å². The second-order valence-electron chi connectivity index (χ2n) is 14.6. The van der Waals surface area contributed by atoms with E-state index < -0.39 is 0 Å². The van der Waals surface area contributed by atoms with Crippen molar-refractivity contribution >= 4 is 11.8 Å². The molecule has 9 aliphatic carbocycles. The van der Waals surface area contributed by atoms with Crippen molar-refractivity contribution in [3.63, 3.8) is 0 Å². The van der Waals surface area contributed by atoms with E-state index in [0.29, 0.717) is 11.8 Å². The number of carbonyl (C=O) groups is 2. The molecule has 9 fully saturated rings. The molecule has 34 heavy (non-hydrogen) atoms. The summed E-state index contributed by atoms with van der Waals surface area (Å²) >= 11 is 0. The standard InChI is InChI=1S/C30H46N2O2/c1-31(27(33)29-13-19-7-20(14-29)9-21(8-19)15-29)25-5-3-4-6-26(25)32(2)28(34)30-16-22-10-23(17-30)12-24(11-22)18-30/h19-26H,3-18H2,1-2H3. The van der Waals surface area contributed by atoms with Gasteiger partial charge in [-0.25, -0.2) is 0 Å². The van der Waals surface area contributed by atoms with Gasteiger partial charge in [0.25, 0.3) is 0 Å². The van der Waals surface area contributed by atoms with Crippen LogP contribution in [0.3, 0.4) is 0 Å². The highest BCUT2D eigenvalue weighted by molar-refractivity contribution is 5.85. The molecule has 0 heterocycles. The lowest BCUT2D eigenvalue weighted by molar-refractivity contribution is -0.166. The summed E-state index contributed by atoms with van der Waals surface area (Å²) in [6.45, 7) is 0. The molecule has 0 N–H and O–H groups in total. The van der Waals surface area contributed by atoms with Gasteiger partial charge in [0.15, 0.2) is 0 Å². The molecule has 0 radical (unpaired) electrons. The maximum Gasteiger partial charge on any atom is 0.228 e. The summed E-state index contributed by atoms with van der Waals surface area (Å²) in [4.78, 5) is 32.7. The van der Waals surface area contributed by atoms with Crippen LogP contribution < -0.4 is 0 Å². The van der Waals surface area contributed by atoms with E-state index in [1.807, 2.05) is 0 Å². The molecule has 0 spiro atoms. The number of hydrogen-bond acceptors (Lipinski definition) is 2. The minimum atomic E-state index is -0.0754. The number of rotatable bonds is 4. The van der Waals surface area contributed by atoms with Crippen LogP contribution in [0.1, 0.15) is 103 Å². The van der Waals surface area contributed by atoms with Gasteiger partial charge < -0.3 is 9.80 Å². The molecular formula is C30H46N2O2. The van der Waals surface area contributed by atoms with Gasteiger partial charge in [0.05, 0.1) is 22.9 Å². The zero-order chi connectivity index (χ0) is 23.2. The Kier molecular flexibility index (Phi) is 5.03. The van der Waals surface area contributed by atoms with E-state index in [1.54, 1.807) is 0 Å². The lowest BCUT2D eigenvalue weighted by Gasteiger charge is -2.58. The fraction of sp³-hybridized carbons (Fsp3) is 0.933. The second-order valence-corrected chi connectivity index (χ2v) is 14.6. The summed E-state index contributed by atoms with van der Waals surface area (Å²) in [7, 11) is 4.21. The summed E-state index contributed by atoms with van der Waals surface area (Å²) in [5.41, 5.74) is -0.151. The predicted molar refractivity (Wildman–Crippen MR) is 133 cm³/mol. The average molecular weight is 467 g/mol. The maximum absolute atomic E-state index is 14.2. The van der Waals surface area contributed by atoms with Crippen molar-refractivity contribution in [3.05, 3.63) is 0 Å². The SMILES string of the molecule is CN(C(=O)C12CC3CC(CC(C3)C1)C2)C1CCCCC1N(C)C(=O)C12CC3CC(CC(C3)C1)C2. The molecule has 0 aliphatic heterocycles. The highest BCUT2D eigenvalue weighted by Crippen LogP contribution is 2.62. The third kappa shape index (κ3) is 3.28. The molecule has 2 unspecified atom stereocenters. The number of nitrogens with zero attached hydrogens (tertiary/aromatic N) is 2. The molecule has 188 valence electrons. The van der Waals surface area contributed by atoms with Crippen LogP contribution in [0, 0.1) is 46.3 Å². The maximum atomic E-state index is 14.2. The average Bonchev–Trinajstić information content (AvgIpc) is 2.80. The van der Waals surface area contributed by atoms with Gasteiger partial charge in [-0.2, -0.15) is 0 Å². The zero-order valence-corrected chi connectivity index (χ0v) is 21.6. The van der Waals surface area contributed by atoms with Gasteiger partial charge in [-0.1, -0.05) is 12.8 Å². The Morgan fingerprint density at radius 2 is 0.794 bits per heavy atom. The normalized spacial score (nSPS) is 50.4. The fourth-order valence-electron chi connectivity index (χ4n) is 11.8. The topological polar surface area (TPSA) is 40.6 Å². The molecule has 0 saturated heterocycles. The van der Waals surface area contributed by atoms with Crippen LogP contribution in [0.4, 0.5) is 0 Å². The highest BCUT2D eigenvalue weighted by Gasteiger charge is 2.58. The van der Waals surface area contributed by atoms with Gasteiger partial charge in [0.1, 0.15) is 0 Å². The van der Waals surface area contributed by atoms with E-state index in [4.69, 9.17) is 0 Å². The Labute approximate surface area is 206 Å². The molecule has 9 aliphatic rings. The number of carbonyl (C=O) groups excluding carboxylic acids is 2. The first-order chi connectivity index (χ1) is 16.3. The quantitative estimate of drug-likeness (QED) is 0.537. The van der Waals surface area contributed by atoms with Gasteiger partial charge in [-0.05, 0) is 125 Å². The molecule has 0 aromatic carbocycles. The molecule has 9 saturated carbocycles. The van der Waals surface area contributed by atoms with Gasteiger partial charge in [-0.15, -0.1) is 0 Å². The summed E-state index contributed by atoms with van der Waals surface area (Å²) in [6, 6.07) is 0.411. The van der Waals surface area contributed by atoms with Crippen molar-refractivity contribution in [1.82, 2.24) is 9.80 Å². The lowest BCUT2D eigenvalue weighted by Crippen LogP contribution is -2.62. The first kappa shape index (κ1) is 22.2. The van der Waals surface area contributed by atoms with Crippen molar-refractivity contribution in [2.75, 3.05) is 14.1 Å². The smallest absolute Gasteiger partial charge is 0.228 e. The van der Waals surface area contributed by atoms with Crippen molar-refractivity contribution < 1.29 is 9.59 Å². The molecule has 9 rings (SSSR count). The fourth-order valence-corrected chi connectivity index (χ4v) is 11.8. The highest BCUT2D eigenvalue weighted by atomic mass is 16.2.